The van der Waals surface area contributed by atoms with Crippen molar-refractivity contribution in [3.63, 3.8) is 0 Å². The van der Waals surface area contributed by atoms with E-state index in [0.717, 1.165) is 37.0 Å². The Balaban J connectivity index is 1.58. The van der Waals surface area contributed by atoms with Gasteiger partial charge in [-0.15, -0.1) is 0 Å². The fourth-order valence-corrected chi connectivity index (χ4v) is 5.79. The number of fused-ring (bicyclic) bond motifs is 1. The van der Waals surface area contributed by atoms with Crippen molar-refractivity contribution in [2.45, 2.75) is 50.5 Å². The highest BCUT2D eigenvalue weighted by atomic mass is 35.5. The fourth-order valence-electron chi connectivity index (χ4n) is 5.29. The molecule has 0 heterocycles. The summed E-state index contributed by atoms with van der Waals surface area (Å²) in [5.74, 6) is 2.47. The molecule has 0 spiro atoms. The Morgan fingerprint density at radius 1 is 1.09 bits per heavy atom. The number of hydrogen-bond acceptors (Lipinski definition) is 1. The van der Waals surface area contributed by atoms with Crippen LogP contribution in [-0.2, 0) is 0 Å². The zero-order chi connectivity index (χ0) is 15.3. The molecule has 0 aliphatic heterocycles. The summed E-state index contributed by atoms with van der Waals surface area (Å²) >= 11 is 12.1. The molecule has 4 bridgehead atoms. The molecule has 1 aromatic rings. The summed E-state index contributed by atoms with van der Waals surface area (Å²) in [5.41, 5.74) is 0.540. The highest BCUT2D eigenvalue weighted by Crippen LogP contribution is 2.53. The molecule has 4 saturated carbocycles. The third kappa shape index (κ3) is 2.65. The van der Waals surface area contributed by atoms with Crippen molar-refractivity contribution in [1.29, 1.82) is 0 Å². The van der Waals surface area contributed by atoms with Crippen molar-refractivity contribution in [1.82, 2.24) is 5.32 Å². The lowest BCUT2D eigenvalue weighted by Gasteiger charge is -2.45. The minimum Gasteiger partial charge on any atom is -0.347 e. The van der Waals surface area contributed by atoms with Crippen molar-refractivity contribution >= 4 is 29.1 Å². The Bertz CT molecular complexity index is 601. The minimum atomic E-state index is -0.0404. The number of nitrogens with one attached hydrogen (secondary N) is 1. The standard InChI is InChI=1S/C18H21Cl2NO/c19-14-1-2-15(16(20)8-14)17(22)21-18-4-3-11-5-12(9-18)7-13(6-11)10-18/h1-2,8,11-13H,3-7,9-10H2,(H,21,22). The summed E-state index contributed by atoms with van der Waals surface area (Å²) < 4.78 is 0. The van der Waals surface area contributed by atoms with Crippen LogP contribution < -0.4 is 5.32 Å². The van der Waals surface area contributed by atoms with E-state index in [4.69, 9.17) is 23.2 Å². The summed E-state index contributed by atoms with van der Waals surface area (Å²) in [6.07, 6.45) is 8.80. The first-order valence-electron chi connectivity index (χ1n) is 8.31. The van der Waals surface area contributed by atoms with Crippen LogP contribution >= 0.6 is 23.2 Å². The van der Waals surface area contributed by atoms with Gasteiger partial charge in [-0.2, -0.15) is 0 Å². The normalized spacial score (nSPS) is 36.2. The summed E-state index contributed by atoms with van der Waals surface area (Å²) in [4.78, 5) is 12.7. The lowest BCUT2D eigenvalue weighted by atomic mass is 9.65. The molecule has 22 heavy (non-hydrogen) atoms. The van der Waals surface area contributed by atoms with E-state index in [1.807, 2.05) is 0 Å². The molecule has 118 valence electrons. The van der Waals surface area contributed by atoms with Gasteiger partial charge in [0.25, 0.3) is 5.91 Å². The van der Waals surface area contributed by atoms with E-state index in [0.29, 0.717) is 15.6 Å². The van der Waals surface area contributed by atoms with E-state index in [9.17, 15) is 4.79 Å². The van der Waals surface area contributed by atoms with Crippen molar-refractivity contribution in [2.24, 2.45) is 17.8 Å². The van der Waals surface area contributed by atoms with Crippen molar-refractivity contribution in [3.8, 4) is 0 Å². The van der Waals surface area contributed by atoms with E-state index in [1.54, 1.807) is 18.2 Å². The van der Waals surface area contributed by atoms with Gasteiger partial charge in [-0.25, -0.2) is 0 Å². The second kappa shape index (κ2) is 5.42. The lowest BCUT2D eigenvalue weighted by Crippen LogP contribution is -2.52. The van der Waals surface area contributed by atoms with Gasteiger partial charge in [-0.1, -0.05) is 23.2 Å². The van der Waals surface area contributed by atoms with Crippen LogP contribution in [0.25, 0.3) is 0 Å². The molecule has 4 aliphatic rings. The Morgan fingerprint density at radius 2 is 1.77 bits per heavy atom. The van der Waals surface area contributed by atoms with Crippen LogP contribution in [0.3, 0.4) is 0 Å². The van der Waals surface area contributed by atoms with Crippen LogP contribution in [0.15, 0.2) is 18.2 Å². The second-order valence-corrected chi connectivity index (χ2v) is 8.45. The van der Waals surface area contributed by atoms with Gasteiger partial charge < -0.3 is 5.32 Å². The van der Waals surface area contributed by atoms with Gasteiger partial charge in [-0.3, -0.25) is 4.79 Å². The van der Waals surface area contributed by atoms with Crippen LogP contribution in [0.2, 0.25) is 10.0 Å². The molecule has 1 N–H and O–H groups in total. The van der Waals surface area contributed by atoms with Crippen LogP contribution in [0.1, 0.15) is 55.3 Å². The average Bonchev–Trinajstić information content (AvgIpc) is 2.62. The Hall–Kier alpha value is -0.730. The molecule has 2 unspecified atom stereocenters. The maximum atomic E-state index is 12.7. The van der Waals surface area contributed by atoms with E-state index < -0.39 is 0 Å². The lowest BCUT2D eigenvalue weighted by molar-refractivity contribution is 0.0714. The first kappa shape index (κ1) is 14.8. The summed E-state index contributed by atoms with van der Waals surface area (Å²) in [5, 5.41) is 4.37. The fraction of sp³-hybridized carbons (Fsp3) is 0.611. The molecule has 4 aliphatic carbocycles. The van der Waals surface area contributed by atoms with Gasteiger partial charge in [0, 0.05) is 10.6 Å². The Morgan fingerprint density at radius 3 is 2.45 bits per heavy atom. The van der Waals surface area contributed by atoms with Crippen LogP contribution in [0.5, 0.6) is 0 Å². The average molecular weight is 338 g/mol. The molecule has 1 aromatic carbocycles. The second-order valence-electron chi connectivity index (χ2n) is 7.61. The molecule has 0 aromatic heterocycles. The number of rotatable bonds is 2. The molecule has 1 amide bonds. The zero-order valence-electron chi connectivity index (χ0n) is 12.6. The molecule has 2 nitrogen and oxygen atoms in total. The van der Waals surface area contributed by atoms with E-state index >= 15 is 0 Å². The maximum absolute atomic E-state index is 12.7. The van der Waals surface area contributed by atoms with Crippen LogP contribution in [-0.4, -0.2) is 11.4 Å². The molecule has 4 fully saturated rings. The highest BCUT2D eigenvalue weighted by Gasteiger charge is 2.48. The first-order valence-corrected chi connectivity index (χ1v) is 9.06. The first-order chi connectivity index (χ1) is 10.5. The van der Waals surface area contributed by atoms with E-state index in [-0.39, 0.29) is 11.4 Å². The molecule has 4 heteroatoms. The largest absolute Gasteiger partial charge is 0.347 e. The number of carbonyl (C=O) groups excluding carboxylic acids is 1. The minimum absolute atomic E-state index is 0.00111. The summed E-state index contributed by atoms with van der Waals surface area (Å²) in [7, 11) is 0. The topological polar surface area (TPSA) is 29.1 Å². The monoisotopic (exact) mass is 337 g/mol. The SMILES string of the molecule is O=C(NC12CCC3CC(CC(C3)C1)C2)c1ccc(Cl)cc1Cl. The number of amides is 1. The molecular formula is C18H21Cl2NO. The third-order valence-electron chi connectivity index (χ3n) is 5.94. The third-order valence-corrected chi connectivity index (χ3v) is 6.49. The van der Waals surface area contributed by atoms with Crippen molar-refractivity contribution < 1.29 is 4.79 Å². The molecule has 5 rings (SSSR count). The van der Waals surface area contributed by atoms with Gasteiger partial charge in [0.15, 0.2) is 0 Å². The molecular weight excluding hydrogens is 317 g/mol. The maximum Gasteiger partial charge on any atom is 0.253 e. The predicted molar refractivity (Wildman–Crippen MR) is 89.4 cm³/mol. The number of halogens is 2. The zero-order valence-corrected chi connectivity index (χ0v) is 14.1. The van der Waals surface area contributed by atoms with Gasteiger partial charge in [-0.05, 0) is 80.9 Å². The number of carbonyl (C=O) groups is 1. The summed E-state index contributed by atoms with van der Waals surface area (Å²) in [6.45, 7) is 0. The predicted octanol–water partition coefficient (Wildman–Crippen LogP) is 5.08. The molecule has 0 radical (unpaired) electrons. The Kier molecular flexibility index (Phi) is 3.65. The van der Waals surface area contributed by atoms with E-state index in [2.05, 4.69) is 5.32 Å². The summed E-state index contributed by atoms with van der Waals surface area (Å²) in [6, 6.07) is 5.10. The van der Waals surface area contributed by atoms with E-state index in [1.165, 1.54) is 25.7 Å². The number of hydrogen-bond donors (Lipinski definition) is 1. The molecule has 0 saturated heterocycles. The van der Waals surface area contributed by atoms with Gasteiger partial charge in [0.1, 0.15) is 0 Å². The van der Waals surface area contributed by atoms with Crippen LogP contribution in [0, 0.1) is 17.8 Å². The van der Waals surface area contributed by atoms with Gasteiger partial charge in [0.2, 0.25) is 0 Å². The number of benzene rings is 1. The Labute approximate surface area is 141 Å². The van der Waals surface area contributed by atoms with Gasteiger partial charge >= 0.3 is 0 Å². The quantitative estimate of drug-likeness (QED) is 0.800. The van der Waals surface area contributed by atoms with Crippen LogP contribution in [0.4, 0.5) is 0 Å². The van der Waals surface area contributed by atoms with Gasteiger partial charge in [0.05, 0.1) is 10.6 Å². The van der Waals surface area contributed by atoms with Crippen molar-refractivity contribution in [2.75, 3.05) is 0 Å². The molecule has 2 atom stereocenters. The smallest absolute Gasteiger partial charge is 0.253 e. The highest BCUT2D eigenvalue weighted by molar-refractivity contribution is 6.36. The van der Waals surface area contributed by atoms with Crippen molar-refractivity contribution in [3.05, 3.63) is 33.8 Å².